The summed E-state index contributed by atoms with van der Waals surface area (Å²) in [5, 5.41) is 9.93. The number of nitrogens with two attached hydrogens (primary N) is 1. The first-order valence-electron chi connectivity index (χ1n) is 4.74. The second-order valence-corrected chi connectivity index (χ2v) is 4.12. The standard InChI is InChI=1S/C9H18N2O2/c1-7(2)6-11-5-3-4-9(11,13)8(10)12/h7,13H,3-6H2,1-2H3,(H2,10,12)/i10+1. The van der Waals surface area contributed by atoms with Crippen molar-refractivity contribution in [2.45, 2.75) is 32.4 Å². The lowest BCUT2D eigenvalue weighted by Crippen LogP contribution is -2.54. The number of hydrogen-bond donors (Lipinski definition) is 2. The Hall–Kier alpha value is -0.610. The molecule has 1 unspecified atom stereocenters. The number of carbonyl (C=O) groups is 1. The first-order chi connectivity index (χ1) is 5.97. The summed E-state index contributed by atoms with van der Waals surface area (Å²) in [6, 6.07) is 0. The molecule has 13 heavy (non-hydrogen) atoms. The first-order valence-corrected chi connectivity index (χ1v) is 4.74. The van der Waals surface area contributed by atoms with E-state index in [0.717, 1.165) is 19.5 Å². The van der Waals surface area contributed by atoms with Crippen LogP contribution in [-0.2, 0) is 4.79 Å². The minimum Gasteiger partial charge on any atom is -0.367 e. The Balaban J connectivity index is 2.68. The van der Waals surface area contributed by atoms with Crippen LogP contribution in [0.25, 0.3) is 0 Å². The van der Waals surface area contributed by atoms with Gasteiger partial charge in [0.1, 0.15) is 0 Å². The van der Waals surface area contributed by atoms with E-state index in [-0.39, 0.29) is 0 Å². The van der Waals surface area contributed by atoms with Crippen molar-refractivity contribution in [1.29, 1.82) is 0 Å². The molecule has 4 heteroatoms. The highest BCUT2D eigenvalue weighted by atomic mass is 16.3. The van der Waals surface area contributed by atoms with E-state index in [9.17, 15) is 9.90 Å². The Morgan fingerprint density at radius 1 is 1.69 bits per heavy atom. The van der Waals surface area contributed by atoms with Crippen molar-refractivity contribution in [2.24, 2.45) is 11.7 Å². The van der Waals surface area contributed by atoms with Crippen molar-refractivity contribution >= 4 is 5.91 Å². The summed E-state index contributed by atoms with van der Waals surface area (Å²) < 4.78 is 0. The van der Waals surface area contributed by atoms with E-state index in [0.29, 0.717) is 12.3 Å². The highest BCUT2D eigenvalue weighted by molar-refractivity contribution is 5.82. The number of carbonyl (C=O) groups excluding carboxylic acids is 1. The molecule has 1 fully saturated rings. The number of likely N-dealkylation sites (tertiary alicyclic amines) is 1. The second-order valence-electron chi connectivity index (χ2n) is 4.12. The molecule has 0 aromatic carbocycles. The van der Waals surface area contributed by atoms with E-state index in [1.165, 1.54) is 0 Å². The Morgan fingerprint density at radius 2 is 2.31 bits per heavy atom. The summed E-state index contributed by atoms with van der Waals surface area (Å²) in [7, 11) is 0. The molecule has 0 bridgehead atoms. The zero-order chi connectivity index (χ0) is 10.1. The topological polar surface area (TPSA) is 66.6 Å². The Kier molecular flexibility index (Phi) is 2.93. The lowest BCUT2D eigenvalue weighted by atomic mass is 10.1. The number of hydrogen-bond acceptors (Lipinski definition) is 3. The minimum atomic E-state index is -1.38. The summed E-state index contributed by atoms with van der Waals surface area (Å²) in [5.74, 6) is -0.186. The minimum absolute atomic E-state index is 0.434. The molecule has 0 aliphatic carbocycles. The van der Waals surface area contributed by atoms with Crippen molar-refractivity contribution < 1.29 is 9.90 Å². The Bertz CT molecular complexity index is 206. The average molecular weight is 187 g/mol. The number of primary amides is 1. The van der Waals surface area contributed by atoms with Gasteiger partial charge in [-0.05, 0) is 12.3 Å². The lowest BCUT2D eigenvalue weighted by molar-refractivity contribution is -0.154. The fourth-order valence-electron chi connectivity index (χ4n) is 1.82. The summed E-state index contributed by atoms with van der Waals surface area (Å²) in [6.45, 7) is 5.59. The van der Waals surface area contributed by atoms with E-state index < -0.39 is 11.6 Å². The van der Waals surface area contributed by atoms with Crippen LogP contribution in [0, 0.1) is 5.92 Å². The van der Waals surface area contributed by atoms with Crippen molar-refractivity contribution in [3.63, 3.8) is 0 Å². The van der Waals surface area contributed by atoms with Gasteiger partial charge in [0.2, 0.25) is 0 Å². The van der Waals surface area contributed by atoms with Crippen LogP contribution < -0.4 is 5.73 Å². The molecule has 1 heterocycles. The van der Waals surface area contributed by atoms with Gasteiger partial charge in [0.15, 0.2) is 5.72 Å². The third-order valence-electron chi connectivity index (χ3n) is 2.46. The maximum atomic E-state index is 11.0. The smallest absolute Gasteiger partial charge is 0.264 e. The van der Waals surface area contributed by atoms with E-state index >= 15 is 0 Å². The summed E-state index contributed by atoms with van der Waals surface area (Å²) in [4.78, 5) is 12.8. The van der Waals surface area contributed by atoms with Crippen LogP contribution in [0.15, 0.2) is 0 Å². The van der Waals surface area contributed by atoms with Crippen LogP contribution in [0.2, 0.25) is 0 Å². The molecule has 1 atom stereocenters. The molecule has 0 radical (unpaired) electrons. The Labute approximate surface area is 78.7 Å². The van der Waals surface area contributed by atoms with Gasteiger partial charge in [-0.3, -0.25) is 9.69 Å². The number of aliphatic hydroxyl groups is 1. The predicted octanol–water partition coefficient (Wildman–Crippen LogP) is -0.0879. The van der Waals surface area contributed by atoms with Crippen LogP contribution in [0.3, 0.4) is 0 Å². The summed E-state index contributed by atoms with van der Waals surface area (Å²) >= 11 is 0. The highest BCUT2D eigenvalue weighted by Crippen LogP contribution is 2.26. The number of amides is 1. The average Bonchev–Trinajstić information content (AvgIpc) is 2.33. The van der Waals surface area contributed by atoms with Gasteiger partial charge in [-0.15, -0.1) is 0 Å². The maximum absolute atomic E-state index is 11.0. The molecule has 0 aromatic heterocycles. The monoisotopic (exact) mass is 187 g/mol. The van der Waals surface area contributed by atoms with Gasteiger partial charge in [0.05, 0.1) is 0 Å². The fourth-order valence-corrected chi connectivity index (χ4v) is 1.82. The van der Waals surface area contributed by atoms with E-state index in [1.54, 1.807) is 4.90 Å². The molecule has 4 nitrogen and oxygen atoms in total. The number of rotatable bonds is 3. The number of nitrogens with zero attached hydrogens (tertiary/aromatic N) is 1. The van der Waals surface area contributed by atoms with E-state index in [1.807, 2.05) is 0 Å². The van der Waals surface area contributed by atoms with Crippen LogP contribution >= 0.6 is 0 Å². The molecule has 76 valence electrons. The molecule has 1 amide bonds. The lowest BCUT2D eigenvalue weighted by Gasteiger charge is -2.31. The van der Waals surface area contributed by atoms with Crippen molar-refractivity contribution in [3.05, 3.63) is 0 Å². The molecule has 1 rings (SSSR count). The molecule has 0 spiro atoms. The summed E-state index contributed by atoms with van der Waals surface area (Å²) in [6.07, 6.45) is 1.31. The molecular formula is C9H18N2O2. The van der Waals surface area contributed by atoms with E-state index in [2.05, 4.69) is 13.8 Å². The largest absolute Gasteiger partial charge is 0.367 e. The fraction of sp³-hybridized carbons (Fsp3) is 0.889. The van der Waals surface area contributed by atoms with Gasteiger partial charge in [-0.2, -0.15) is 0 Å². The zero-order valence-corrected chi connectivity index (χ0v) is 8.29. The first kappa shape index (κ1) is 10.5. The van der Waals surface area contributed by atoms with Gasteiger partial charge in [-0.25, -0.2) is 0 Å². The van der Waals surface area contributed by atoms with Gasteiger partial charge in [0, 0.05) is 19.5 Å². The summed E-state index contributed by atoms with van der Waals surface area (Å²) in [5.41, 5.74) is 3.78. The van der Waals surface area contributed by atoms with Crippen LogP contribution in [-0.4, -0.2) is 34.7 Å². The van der Waals surface area contributed by atoms with Gasteiger partial charge in [-0.1, -0.05) is 13.8 Å². The normalized spacial score (nSPS) is 29.8. The third kappa shape index (κ3) is 2.00. The van der Waals surface area contributed by atoms with Crippen LogP contribution in [0.4, 0.5) is 0 Å². The molecule has 3 N–H and O–H groups in total. The zero-order valence-electron chi connectivity index (χ0n) is 8.29. The highest BCUT2D eigenvalue weighted by Gasteiger charge is 2.44. The Morgan fingerprint density at radius 3 is 2.77 bits per heavy atom. The second kappa shape index (κ2) is 3.64. The molecule has 0 aromatic rings. The van der Waals surface area contributed by atoms with E-state index in [4.69, 9.17) is 5.73 Å². The molecule has 1 saturated heterocycles. The van der Waals surface area contributed by atoms with Gasteiger partial charge in [0.25, 0.3) is 5.91 Å². The maximum Gasteiger partial charge on any atom is 0.264 e. The molecule has 0 saturated carbocycles. The molecular weight excluding hydrogens is 169 g/mol. The van der Waals surface area contributed by atoms with Crippen LogP contribution in [0.1, 0.15) is 26.7 Å². The van der Waals surface area contributed by atoms with Gasteiger partial charge >= 0.3 is 0 Å². The van der Waals surface area contributed by atoms with Gasteiger partial charge < -0.3 is 10.8 Å². The SMILES string of the molecule is CC(C)CN1CCCC1(O)C([15NH2])=O. The molecule has 1 aliphatic heterocycles. The third-order valence-corrected chi connectivity index (χ3v) is 2.46. The predicted molar refractivity (Wildman–Crippen MR) is 49.8 cm³/mol. The quantitative estimate of drug-likeness (QED) is 0.607. The van der Waals surface area contributed by atoms with Crippen LogP contribution in [0.5, 0.6) is 0 Å². The van der Waals surface area contributed by atoms with Crippen molar-refractivity contribution in [2.75, 3.05) is 13.1 Å². The van der Waals surface area contributed by atoms with Crippen molar-refractivity contribution in [3.8, 4) is 0 Å². The van der Waals surface area contributed by atoms with Crippen molar-refractivity contribution in [1.82, 2.24) is 4.90 Å². The molecule has 1 aliphatic rings.